The highest BCUT2D eigenvalue weighted by Crippen LogP contribution is 2.28. The Balaban J connectivity index is 1.48. The highest BCUT2D eigenvalue weighted by atomic mass is 16.5. The van der Waals surface area contributed by atoms with E-state index in [9.17, 15) is 4.79 Å². The molecule has 23 heavy (non-hydrogen) atoms. The Morgan fingerprint density at radius 3 is 2.61 bits per heavy atom. The largest absolute Gasteiger partial charge is 0.381 e. The van der Waals surface area contributed by atoms with Crippen molar-refractivity contribution >= 4 is 11.6 Å². The molecule has 0 N–H and O–H groups in total. The monoisotopic (exact) mass is 314 g/mol. The van der Waals surface area contributed by atoms with Crippen LogP contribution in [0.2, 0.25) is 0 Å². The van der Waals surface area contributed by atoms with Crippen molar-refractivity contribution in [2.24, 2.45) is 5.92 Å². The van der Waals surface area contributed by atoms with E-state index in [1.165, 1.54) is 42.7 Å². The van der Waals surface area contributed by atoms with Crippen LogP contribution in [0, 0.1) is 5.92 Å². The van der Waals surface area contributed by atoms with E-state index in [0.29, 0.717) is 5.91 Å². The van der Waals surface area contributed by atoms with Gasteiger partial charge in [0.15, 0.2) is 0 Å². The average Bonchev–Trinajstić information content (AvgIpc) is 3.15. The van der Waals surface area contributed by atoms with E-state index < -0.39 is 0 Å². The normalized spacial score (nSPS) is 22.3. The maximum Gasteiger partial charge on any atom is 0.226 e. The molecule has 0 atom stereocenters. The quantitative estimate of drug-likeness (QED) is 0.841. The van der Waals surface area contributed by atoms with Gasteiger partial charge in [-0.3, -0.25) is 4.79 Å². The summed E-state index contributed by atoms with van der Waals surface area (Å²) < 4.78 is 5.39. The summed E-state index contributed by atoms with van der Waals surface area (Å²) in [7, 11) is 0. The number of carbonyl (C=O) groups excluding carboxylic acids is 1. The minimum atomic E-state index is 0.173. The molecule has 0 unspecified atom stereocenters. The predicted molar refractivity (Wildman–Crippen MR) is 90.6 cm³/mol. The molecular weight excluding hydrogens is 288 g/mol. The minimum Gasteiger partial charge on any atom is -0.381 e. The van der Waals surface area contributed by atoms with Gasteiger partial charge in [-0.25, -0.2) is 0 Å². The van der Waals surface area contributed by atoms with Gasteiger partial charge in [0.2, 0.25) is 5.91 Å². The summed E-state index contributed by atoms with van der Waals surface area (Å²) in [6.45, 7) is 5.46. The summed E-state index contributed by atoms with van der Waals surface area (Å²) in [5, 5.41) is 0. The third kappa shape index (κ3) is 3.09. The zero-order chi connectivity index (χ0) is 15.6. The maximum atomic E-state index is 12.8. The molecule has 2 fully saturated rings. The van der Waals surface area contributed by atoms with Crippen LogP contribution in [0.1, 0.15) is 36.8 Å². The Labute approximate surface area is 138 Å². The maximum absolute atomic E-state index is 12.8. The van der Waals surface area contributed by atoms with Gasteiger partial charge in [0.1, 0.15) is 0 Å². The first-order chi connectivity index (χ1) is 11.3. The van der Waals surface area contributed by atoms with Gasteiger partial charge in [-0.2, -0.15) is 0 Å². The van der Waals surface area contributed by atoms with E-state index in [1.54, 1.807) is 0 Å². The standard InChI is InChI=1S/C19H26N2O2/c22-19(16-6-11-23-12-7-16)21-10-5-15-3-4-18(13-17(15)14-21)20-8-1-2-9-20/h3-4,13,16H,1-2,5-12,14H2. The van der Waals surface area contributed by atoms with Crippen molar-refractivity contribution in [2.45, 2.75) is 38.6 Å². The van der Waals surface area contributed by atoms with Crippen molar-refractivity contribution in [3.05, 3.63) is 29.3 Å². The van der Waals surface area contributed by atoms with Gasteiger partial charge in [0.05, 0.1) is 0 Å². The molecule has 3 aliphatic rings. The van der Waals surface area contributed by atoms with Crippen LogP contribution in [-0.4, -0.2) is 43.7 Å². The van der Waals surface area contributed by atoms with Crippen LogP contribution in [0.4, 0.5) is 5.69 Å². The van der Waals surface area contributed by atoms with Gasteiger partial charge in [0, 0.05) is 51.0 Å². The van der Waals surface area contributed by atoms with E-state index >= 15 is 0 Å². The number of rotatable bonds is 2. The fourth-order valence-corrected chi connectivity index (χ4v) is 4.11. The molecule has 4 nitrogen and oxygen atoms in total. The lowest BCUT2D eigenvalue weighted by Gasteiger charge is -2.33. The molecule has 0 radical (unpaired) electrons. The second kappa shape index (κ2) is 6.52. The van der Waals surface area contributed by atoms with Gasteiger partial charge in [-0.1, -0.05) is 6.07 Å². The first-order valence-corrected chi connectivity index (χ1v) is 9.04. The van der Waals surface area contributed by atoms with Crippen molar-refractivity contribution in [3.8, 4) is 0 Å². The lowest BCUT2D eigenvalue weighted by molar-refractivity contribution is -0.139. The second-order valence-electron chi connectivity index (χ2n) is 7.04. The highest BCUT2D eigenvalue weighted by Gasteiger charge is 2.29. The van der Waals surface area contributed by atoms with Gasteiger partial charge in [-0.05, 0) is 55.4 Å². The molecule has 3 heterocycles. The molecule has 1 aromatic rings. The minimum absolute atomic E-state index is 0.173. The Bertz CT molecular complexity index is 575. The van der Waals surface area contributed by atoms with Crippen LogP contribution < -0.4 is 4.90 Å². The van der Waals surface area contributed by atoms with E-state index in [1.807, 2.05) is 0 Å². The summed E-state index contributed by atoms with van der Waals surface area (Å²) in [6.07, 6.45) is 5.35. The first kappa shape index (κ1) is 15.0. The van der Waals surface area contributed by atoms with Crippen LogP contribution in [0.25, 0.3) is 0 Å². The summed E-state index contributed by atoms with van der Waals surface area (Å²) in [5.41, 5.74) is 4.10. The summed E-state index contributed by atoms with van der Waals surface area (Å²) in [4.78, 5) is 17.3. The zero-order valence-corrected chi connectivity index (χ0v) is 13.8. The molecule has 0 spiro atoms. The molecule has 1 aromatic carbocycles. The molecule has 0 saturated carbocycles. The fraction of sp³-hybridized carbons (Fsp3) is 0.632. The Kier molecular flexibility index (Phi) is 4.25. The van der Waals surface area contributed by atoms with Crippen LogP contribution in [-0.2, 0) is 22.5 Å². The van der Waals surface area contributed by atoms with Gasteiger partial charge < -0.3 is 14.5 Å². The third-order valence-corrected chi connectivity index (χ3v) is 5.56. The zero-order valence-electron chi connectivity index (χ0n) is 13.8. The molecule has 4 heteroatoms. The number of amides is 1. The number of hydrogen-bond acceptors (Lipinski definition) is 3. The molecule has 1 amide bonds. The van der Waals surface area contributed by atoms with Crippen molar-refractivity contribution in [3.63, 3.8) is 0 Å². The molecule has 0 aromatic heterocycles. The SMILES string of the molecule is O=C(C1CCOCC1)N1CCc2ccc(N3CCCC3)cc2C1. The van der Waals surface area contributed by atoms with E-state index in [0.717, 1.165) is 45.6 Å². The second-order valence-corrected chi connectivity index (χ2v) is 7.04. The van der Waals surface area contributed by atoms with Crippen molar-refractivity contribution in [1.29, 1.82) is 0 Å². The third-order valence-electron chi connectivity index (χ3n) is 5.56. The van der Waals surface area contributed by atoms with Crippen LogP contribution >= 0.6 is 0 Å². The van der Waals surface area contributed by atoms with E-state index in [4.69, 9.17) is 4.74 Å². The Morgan fingerprint density at radius 2 is 1.83 bits per heavy atom. The van der Waals surface area contributed by atoms with Crippen molar-refractivity contribution in [1.82, 2.24) is 4.90 Å². The molecule has 2 saturated heterocycles. The molecule has 3 aliphatic heterocycles. The van der Waals surface area contributed by atoms with Crippen LogP contribution in [0.5, 0.6) is 0 Å². The lowest BCUT2D eigenvalue weighted by Crippen LogP contribution is -2.41. The van der Waals surface area contributed by atoms with Crippen LogP contribution in [0.15, 0.2) is 18.2 Å². The lowest BCUT2D eigenvalue weighted by atomic mass is 9.94. The van der Waals surface area contributed by atoms with Gasteiger partial charge >= 0.3 is 0 Å². The number of fused-ring (bicyclic) bond motifs is 1. The number of anilines is 1. The van der Waals surface area contributed by atoms with E-state index in [-0.39, 0.29) is 5.92 Å². The Morgan fingerprint density at radius 1 is 1.04 bits per heavy atom. The molecule has 0 bridgehead atoms. The number of nitrogens with zero attached hydrogens (tertiary/aromatic N) is 2. The molecule has 124 valence electrons. The van der Waals surface area contributed by atoms with Gasteiger partial charge in [-0.15, -0.1) is 0 Å². The first-order valence-electron chi connectivity index (χ1n) is 9.04. The van der Waals surface area contributed by atoms with Crippen LogP contribution in [0.3, 0.4) is 0 Å². The number of hydrogen-bond donors (Lipinski definition) is 0. The Hall–Kier alpha value is -1.55. The number of carbonyl (C=O) groups is 1. The molecule has 4 rings (SSSR count). The van der Waals surface area contributed by atoms with Crippen molar-refractivity contribution < 1.29 is 9.53 Å². The van der Waals surface area contributed by atoms with Gasteiger partial charge in [0.25, 0.3) is 0 Å². The summed E-state index contributed by atoms with van der Waals surface area (Å²) in [6, 6.07) is 6.86. The fourth-order valence-electron chi connectivity index (χ4n) is 4.11. The molecule has 0 aliphatic carbocycles. The topological polar surface area (TPSA) is 32.8 Å². The highest BCUT2D eigenvalue weighted by molar-refractivity contribution is 5.79. The number of ether oxygens (including phenoxy) is 1. The molecular formula is C19H26N2O2. The predicted octanol–water partition coefficient (Wildman–Crippen LogP) is 2.60. The van der Waals surface area contributed by atoms with E-state index in [2.05, 4.69) is 28.0 Å². The smallest absolute Gasteiger partial charge is 0.226 e. The summed E-state index contributed by atoms with van der Waals surface area (Å²) in [5.74, 6) is 0.512. The summed E-state index contributed by atoms with van der Waals surface area (Å²) >= 11 is 0. The number of benzene rings is 1. The van der Waals surface area contributed by atoms with Crippen molar-refractivity contribution in [2.75, 3.05) is 37.7 Å². The average molecular weight is 314 g/mol.